The summed E-state index contributed by atoms with van der Waals surface area (Å²) in [5.74, 6) is 0.663. The minimum Gasteiger partial charge on any atom is -0.296 e. The minimum absolute atomic E-state index is 0.0235. The zero-order chi connectivity index (χ0) is 25.2. The number of aldehydes is 1. The first-order valence-corrected chi connectivity index (χ1v) is 10.0. The molecule has 0 saturated carbocycles. The van der Waals surface area contributed by atoms with Crippen molar-refractivity contribution >= 4 is 29.6 Å². The van der Waals surface area contributed by atoms with Crippen LogP contribution in [-0.2, 0) is 20.6 Å². The van der Waals surface area contributed by atoms with Crippen LogP contribution in [0.15, 0.2) is 24.3 Å². The van der Waals surface area contributed by atoms with E-state index in [1.54, 1.807) is 0 Å². The summed E-state index contributed by atoms with van der Waals surface area (Å²) in [5.41, 5.74) is -1.79. The third-order valence-electron chi connectivity index (χ3n) is 5.27. The molecule has 1 aromatic carbocycles. The Hall–Kier alpha value is -3.81. The van der Waals surface area contributed by atoms with Crippen LogP contribution < -0.4 is 9.80 Å². The lowest BCUT2D eigenvalue weighted by molar-refractivity contribution is -0.137. The number of alkyl halides is 3. The number of pyridine rings is 1. The average Bonchev–Trinajstić information content (AvgIpc) is 3.16. The molecule has 0 aliphatic carbocycles. The first-order chi connectivity index (χ1) is 16.0. The van der Waals surface area contributed by atoms with Crippen molar-refractivity contribution in [3.63, 3.8) is 0 Å². The normalized spacial score (nSPS) is 15.7. The maximum absolute atomic E-state index is 14.8. The average molecular weight is 479 g/mol. The van der Waals surface area contributed by atoms with E-state index in [4.69, 9.17) is 0 Å². The zero-order valence-electron chi connectivity index (χ0n) is 18.0. The predicted octanol–water partition coefficient (Wildman–Crippen LogP) is 3.73. The van der Waals surface area contributed by atoms with Gasteiger partial charge in [0.25, 0.3) is 5.91 Å². The van der Waals surface area contributed by atoms with Gasteiger partial charge in [-0.1, -0.05) is 5.92 Å². The number of hydrogen-bond acceptors (Lipinski definition) is 4. The Kier molecular flexibility index (Phi) is 7.00. The Labute approximate surface area is 191 Å². The van der Waals surface area contributed by atoms with Crippen LogP contribution in [0.4, 0.5) is 33.5 Å². The predicted molar refractivity (Wildman–Crippen MR) is 112 cm³/mol. The summed E-state index contributed by atoms with van der Waals surface area (Å²) >= 11 is 0. The molecule has 2 heterocycles. The first kappa shape index (κ1) is 24.8. The number of anilines is 2. The Balaban J connectivity index is 2.07. The molecule has 1 aromatic heterocycles. The number of carbonyl (C=O) groups is 3. The molecule has 3 rings (SSSR count). The molecule has 1 fully saturated rings. The highest BCUT2D eigenvalue weighted by molar-refractivity contribution is 6.08. The topological polar surface area (TPSA) is 70.6 Å². The van der Waals surface area contributed by atoms with E-state index in [1.807, 2.05) is 0 Å². The number of aryl methyl sites for hydroxylation is 1. The van der Waals surface area contributed by atoms with Gasteiger partial charge >= 0.3 is 6.18 Å². The molecule has 1 atom stereocenters. The molecule has 1 saturated heterocycles. The number of rotatable bonds is 4. The van der Waals surface area contributed by atoms with Crippen LogP contribution in [0.3, 0.4) is 0 Å². The molecule has 0 unspecified atom stereocenters. The van der Waals surface area contributed by atoms with Crippen LogP contribution in [0.2, 0.25) is 0 Å². The van der Waals surface area contributed by atoms with Gasteiger partial charge in [0.1, 0.15) is 17.7 Å². The van der Waals surface area contributed by atoms with Crippen molar-refractivity contribution in [3.05, 3.63) is 52.7 Å². The molecule has 0 radical (unpaired) electrons. The molecule has 1 aliphatic heterocycles. The Morgan fingerprint density at radius 2 is 1.97 bits per heavy atom. The van der Waals surface area contributed by atoms with E-state index in [2.05, 4.69) is 16.8 Å². The van der Waals surface area contributed by atoms with E-state index in [0.29, 0.717) is 6.07 Å². The third-order valence-corrected chi connectivity index (χ3v) is 5.27. The van der Waals surface area contributed by atoms with E-state index in [9.17, 15) is 36.3 Å². The molecule has 0 spiro atoms. The highest BCUT2D eigenvalue weighted by atomic mass is 19.4. The van der Waals surface area contributed by atoms with Crippen LogP contribution >= 0.6 is 0 Å². The summed E-state index contributed by atoms with van der Waals surface area (Å²) in [7, 11) is 0. The fourth-order valence-electron chi connectivity index (χ4n) is 3.63. The second-order valence-electron chi connectivity index (χ2n) is 7.54. The minimum atomic E-state index is -4.71. The van der Waals surface area contributed by atoms with Gasteiger partial charge in [-0.2, -0.15) is 13.2 Å². The second kappa shape index (κ2) is 9.59. The fraction of sp³-hybridized carbons (Fsp3) is 0.304. The molecular weight excluding hydrogens is 461 g/mol. The summed E-state index contributed by atoms with van der Waals surface area (Å²) in [5, 5.41) is 0. The summed E-state index contributed by atoms with van der Waals surface area (Å²) < 4.78 is 68.5. The summed E-state index contributed by atoms with van der Waals surface area (Å²) in [4.78, 5) is 42.3. The van der Waals surface area contributed by atoms with Gasteiger partial charge in [0.05, 0.1) is 17.8 Å². The van der Waals surface area contributed by atoms with Crippen molar-refractivity contribution in [3.8, 4) is 11.8 Å². The van der Waals surface area contributed by atoms with E-state index in [-0.39, 0.29) is 41.9 Å². The van der Waals surface area contributed by atoms with Gasteiger partial charge in [-0.05, 0) is 50.5 Å². The van der Waals surface area contributed by atoms with Crippen molar-refractivity contribution in [1.29, 1.82) is 0 Å². The van der Waals surface area contributed by atoms with Crippen LogP contribution in [0.25, 0.3) is 0 Å². The molecule has 0 N–H and O–H groups in total. The summed E-state index contributed by atoms with van der Waals surface area (Å²) in [6, 6.07) is 2.10. The van der Waals surface area contributed by atoms with Gasteiger partial charge < -0.3 is 0 Å². The lowest BCUT2D eigenvalue weighted by atomic mass is 10.1. The van der Waals surface area contributed by atoms with Crippen molar-refractivity contribution in [1.82, 2.24) is 4.98 Å². The van der Waals surface area contributed by atoms with Gasteiger partial charge in [0, 0.05) is 17.7 Å². The van der Waals surface area contributed by atoms with Gasteiger partial charge in [0.2, 0.25) is 5.91 Å². The largest absolute Gasteiger partial charge is 0.416 e. The maximum Gasteiger partial charge on any atom is 0.416 e. The Morgan fingerprint density at radius 1 is 1.26 bits per heavy atom. The highest BCUT2D eigenvalue weighted by Gasteiger charge is 2.42. The molecule has 2 amide bonds. The smallest absolute Gasteiger partial charge is 0.296 e. The van der Waals surface area contributed by atoms with Crippen molar-refractivity contribution in [2.45, 2.75) is 38.9 Å². The number of carbonyl (C=O) groups excluding carboxylic acids is 3. The first-order valence-electron chi connectivity index (χ1n) is 10.0. The Morgan fingerprint density at radius 3 is 2.62 bits per heavy atom. The fourth-order valence-corrected chi connectivity index (χ4v) is 3.63. The maximum atomic E-state index is 14.8. The van der Waals surface area contributed by atoms with Crippen LogP contribution in [0, 0.1) is 37.3 Å². The van der Waals surface area contributed by atoms with Crippen LogP contribution in [0.1, 0.15) is 29.7 Å². The lowest BCUT2D eigenvalue weighted by Gasteiger charge is -2.29. The Bertz CT molecular complexity index is 1220. The molecule has 2 aromatic rings. The molecule has 178 valence electrons. The molecule has 34 heavy (non-hydrogen) atoms. The van der Waals surface area contributed by atoms with E-state index < -0.39 is 47.8 Å². The lowest BCUT2D eigenvalue weighted by Crippen LogP contribution is -2.48. The van der Waals surface area contributed by atoms with Gasteiger partial charge in [-0.15, -0.1) is 0 Å². The number of aromatic nitrogens is 1. The molecule has 1 aliphatic rings. The molecule has 0 bridgehead atoms. The molecular formula is C23H18F5N3O3. The number of halogens is 5. The van der Waals surface area contributed by atoms with Gasteiger partial charge in [-0.25, -0.2) is 13.8 Å². The van der Waals surface area contributed by atoms with Gasteiger partial charge in [0.15, 0.2) is 12.1 Å². The molecule has 11 heteroatoms. The monoisotopic (exact) mass is 479 g/mol. The van der Waals surface area contributed by atoms with Gasteiger partial charge in [-0.3, -0.25) is 24.2 Å². The third kappa shape index (κ3) is 4.90. The number of nitrogens with zero attached hydrogens (tertiary/aromatic N) is 3. The molecule has 6 nitrogen and oxygen atoms in total. The summed E-state index contributed by atoms with van der Waals surface area (Å²) in [6.45, 7) is 2.00. The van der Waals surface area contributed by atoms with E-state index in [0.717, 1.165) is 34.9 Å². The van der Waals surface area contributed by atoms with E-state index in [1.165, 1.54) is 6.92 Å². The summed E-state index contributed by atoms with van der Waals surface area (Å²) in [6.07, 6.45) is -4.69. The highest BCUT2D eigenvalue weighted by Crippen LogP contribution is 2.35. The second-order valence-corrected chi connectivity index (χ2v) is 7.54. The van der Waals surface area contributed by atoms with Crippen molar-refractivity contribution in [2.75, 3.05) is 16.3 Å². The van der Waals surface area contributed by atoms with Crippen molar-refractivity contribution < 1.29 is 36.3 Å². The van der Waals surface area contributed by atoms with Crippen LogP contribution in [0.5, 0.6) is 0 Å². The SMILES string of the molecule is Cc1cc(C(F)(F)F)cc(N2C(=O)CC[C@H]2C(=O)N(CC#CC=O)c2ccc(F)c(C)c2F)n1. The van der Waals surface area contributed by atoms with Crippen molar-refractivity contribution in [2.24, 2.45) is 0 Å². The number of amides is 2. The van der Waals surface area contributed by atoms with E-state index >= 15 is 0 Å². The number of benzene rings is 1. The quantitative estimate of drug-likeness (QED) is 0.381. The number of hydrogen-bond donors (Lipinski definition) is 0. The zero-order valence-corrected chi connectivity index (χ0v) is 18.0. The standard InChI is InChI=1S/C23H18F5N3O3/c1-13-11-15(23(26,27)28)12-19(29-13)31-18(7-8-20(31)33)22(34)30(9-3-4-10-32)17-6-5-16(24)14(2)21(17)25/h5-6,10-12,18H,7-9H2,1-2H3/t18-/m0/s1. The van der Waals surface area contributed by atoms with Crippen LogP contribution in [-0.4, -0.2) is 35.7 Å².